The third kappa shape index (κ3) is 2.43. The molecule has 0 aromatic heterocycles. The van der Waals surface area contributed by atoms with Gasteiger partial charge in [-0.15, -0.1) is 0 Å². The van der Waals surface area contributed by atoms with Gasteiger partial charge >= 0.3 is 5.97 Å². The van der Waals surface area contributed by atoms with E-state index in [1.807, 2.05) is 30.3 Å². The number of aromatic carboxylic acids is 1. The Hall–Kier alpha value is -2.17. The van der Waals surface area contributed by atoms with Crippen molar-refractivity contribution in [3.63, 3.8) is 0 Å². The maximum absolute atomic E-state index is 11.1. The Kier molecular flexibility index (Phi) is 3.50. The highest BCUT2D eigenvalue weighted by molar-refractivity contribution is 5.89. The van der Waals surface area contributed by atoms with Crippen LogP contribution in [0.2, 0.25) is 0 Å². The highest BCUT2D eigenvalue weighted by atomic mass is 16.7. The van der Waals surface area contributed by atoms with E-state index in [0.29, 0.717) is 13.2 Å². The lowest BCUT2D eigenvalue weighted by Crippen LogP contribution is -2.01. The van der Waals surface area contributed by atoms with Crippen LogP contribution in [-0.2, 0) is 9.47 Å². The van der Waals surface area contributed by atoms with Gasteiger partial charge < -0.3 is 14.6 Å². The maximum atomic E-state index is 11.1. The third-order valence-corrected chi connectivity index (χ3v) is 3.26. The molecule has 1 N–H and O–H groups in total. The molecule has 0 spiro atoms. The molecular formula is C16H14O4. The minimum atomic E-state index is -0.933. The topological polar surface area (TPSA) is 55.8 Å². The van der Waals surface area contributed by atoms with Crippen LogP contribution < -0.4 is 0 Å². The van der Waals surface area contributed by atoms with Crippen molar-refractivity contribution in [1.29, 1.82) is 0 Å². The summed E-state index contributed by atoms with van der Waals surface area (Å²) in [4.78, 5) is 11.1. The van der Waals surface area contributed by atoms with Crippen LogP contribution >= 0.6 is 0 Å². The fourth-order valence-electron chi connectivity index (χ4n) is 2.32. The maximum Gasteiger partial charge on any atom is 0.335 e. The van der Waals surface area contributed by atoms with Gasteiger partial charge in [-0.25, -0.2) is 4.79 Å². The summed E-state index contributed by atoms with van der Waals surface area (Å²) < 4.78 is 11.1. The molecule has 0 bridgehead atoms. The van der Waals surface area contributed by atoms with Gasteiger partial charge in [-0.05, 0) is 23.3 Å². The first-order chi connectivity index (χ1) is 9.75. The second-order valence-corrected chi connectivity index (χ2v) is 4.55. The number of hydrogen-bond acceptors (Lipinski definition) is 3. The minimum Gasteiger partial charge on any atom is -0.478 e. The summed E-state index contributed by atoms with van der Waals surface area (Å²) in [6, 6.07) is 14.6. The number of hydrogen-bond donors (Lipinski definition) is 1. The normalized spacial score (nSPS) is 15.4. The quantitative estimate of drug-likeness (QED) is 0.931. The molecule has 3 rings (SSSR count). The Balaban J connectivity index is 2.05. The van der Waals surface area contributed by atoms with Crippen LogP contribution in [0, 0.1) is 0 Å². The van der Waals surface area contributed by atoms with Crippen LogP contribution in [0.1, 0.15) is 22.2 Å². The molecule has 0 aliphatic carbocycles. The number of rotatable bonds is 3. The first-order valence-electron chi connectivity index (χ1n) is 6.41. The van der Waals surface area contributed by atoms with Gasteiger partial charge in [-0.3, -0.25) is 0 Å². The van der Waals surface area contributed by atoms with Crippen molar-refractivity contribution in [2.24, 2.45) is 0 Å². The molecule has 4 nitrogen and oxygen atoms in total. The molecule has 1 aliphatic rings. The van der Waals surface area contributed by atoms with Crippen LogP contribution in [0.15, 0.2) is 48.5 Å². The Bertz CT molecular complexity index is 630. The minimum absolute atomic E-state index is 0.269. The number of carboxylic acid groups (broad SMARTS) is 1. The van der Waals surface area contributed by atoms with Crippen molar-refractivity contribution in [2.45, 2.75) is 6.29 Å². The average Bonchev–Trinajstić information content (AvgIpc) is 3.01. The summed E-state index contributed by atoms with van der Waals surface area (Å²) in [7, 11) is 0. The van der Waals surface area contributed by atoms with Crippen molar-refractivity contribution in [3.05, 3.63) is 59.7 Å². The van der Waals surface area contributed by atoms with E-state index in [4.69, 9.17) is 14.6 Å². The second-order valence-electron chi connectivity index (χ2n) is 4.55. The molecular weight excluding hydrogens is 256 g/mol. The van der Waals surface area contributed by atoms with Gasteiger partial charge in [0.1, 0.15) is 0 Å². The molecule has 1 heterocycles. The van der Waals surface area contributed by atoms with Gasteiger partial charge in [0.05, 0.1) is 18.8 Å². The Morgan fingerprint density at radius 1 is 1.05 bits per heavy atom. The second kappa shape index (κ2) is 5.45. The molecule has 0 saturated carbocycles. The van der Waals surface area contributed by atoms with Crippen molar-refractivity contribution < 1.29 is 19.4 Å². The summed E-state index contributed by atoms with van der Waals surface area (Å²) in [6.45, 7) is 1.16. The SMILES string of the molecule is O=C(O)c1cccc(-c2ccccc2C2OCCO2)c1. The molecule has 0 atom stereocenters. The fourth-order valence-corrected chi connectivity index (χ4v) is 2.32. The summed E-state index contributed by atoms with van der Waals surface area (Å²) in [5.74, 6) is -0.933. The molecule has 20 heavy (non-hydrogen) atoms. The monoisotopic (exact) mass is 270 g/mol. The largest absolute Gasteiger partial charge is 0.478 e. The van der Waals surface area contributed by atoms with Crippen LogP contribution in [0.25, 0.3) is 11.1 Å². The molecule has 102 valence electrons. The zero-order chi connectivity index (χ0) is 13.9. The predicted molar refractivity (Wildman–Crippen MR) is 73.5 cm³/mol. The van der Waals surface area contributed by atoms with E-state index in [-0.39, 0.29) is 11.9 Å². The first kappa shape index (κ1) is 12.8. The average molecular weight is 270 g/mol. The van der Waals surface area contributed by atoms with Crippen molar-refractivity contribution in [2.75, 3.05) is 13.2 Å². The standard InChI is InChI=1S/C16H14O4/c17-15(18)12-5-3-4-11(10-12)13-6-1-2-7-14(13)16-19-8-9-20-16/h1-7,10,16H,8-9H2,(H,17,18). The summed E-state index contributed by atoms with van der Waals surface area (Å²) in [6.07, 6.45) is -0.375. The molecule has 4 heteroatoms. The van der Waals surface area contributed by atoms with E-state index in [1.54, 1.807) is 18.2 Å². The highest BCUT2D eigenvalue weighted by Gasteiger charge is 2.21. The lowest BCUT2D eigenvalue weighted by molar-refractivity contribution is -0.0436. The molecule has 2 aromatic rings. The summed E-state index contributed by atoms with van der Waals surface area (Å²) in [5.41, 5.74) is 2.97. The van der Waals surface area contributed by atoms with E-state index >= 15 is 0 Å². The van der Waals surface area contributed by atoms with E-state index < -0.39 is 5.97 Å². The Labute approximate surface area is 116 Å². The third-order valence-electron chi connectivity index (χ3n) is 3.26. The lowest BCUT2D eigenvalue weighted by Gasteiger charge is -2.15. The lowest BCUT2D eigenvalue weighted by atomic mass is 9.98. The molecule has 1 saturated heterocycles. The van der Waals surface area contributed by atoms with E-state index in [0.717, 1.165) is 16.7 Å². The molecule has 0 unspecified atom stereocenters. The zero-order valence-electron chi connectivity index (χ0n) is 10.8. The fraction of sp³-hybridized carbons (Fsp3) is 0.188. The van der Waals surface area contributed by atoms with E-state index in [9.17, 15) is 4.79 Å². The molecule has 0 amide bonds. The van der Waals surface area contributed by atoms with Crippen LogP contribution in [0.3, 0.4) is 0 Å². The zero-order valence-corrected chi connectivity index (χ0v) is 10.8. The molecule has 2 aromatic carbocycles. The highest BCUT2D eigenvalue weighted by Crippen LogP contribution is 2.33. The van der Waals surface area contributed by atoms with Gasteiger partial charge in [0.15, 0.2) is 6.29 Å². The number of carboxylic acids is 1. The molecule has 1 aliphatic heterocycles. The van der Waals surface area contributed by atoms with Gasteiger partial charge in [-0.1, -0.05) is 36.4 Å². The Morgan fingerprint density at radius 2 is 1.80 bits per heavy atom. The van der Waals surface area contributed by atoms with Crippen molar-refractivity contribution in [3.8, 4) is 11.1 Å². The van der Waals surface area contributed by atoms with E-state index in [1.165, 1.54) is 0 Å². The van der Waals surface area contributed by atoms with Crippen LogP contribution in [-0.4, -0.2) is 24.3 Å². The molecule has 0 radical (unpaired) electrons. The van der Waals surface area contributed by atoms with Crippen LogP contribution in [0.4, 0.5) is 0 Å². The van der Waals surface area contributed by atoms with Gasteiger partial charge in [0, 0.05) is 5.56 Å². The van der Waals surface area contributed by atoms with Gasteiger partial charge in [-0.2, -0.15) is 0 Å². The number of benzene rings is 2. The first-order valence-corrected chi connectivity index (χ1v) is 6.41. The summed E-state index contributed by atoms with van der Waals surface area (Å²) in [5, 5.41) is 9.09. The number of carbonyl (C=O) groups is 1. The summed E-state index contributed by atoms with van der Waals surface area (Å²) >= 11 is 0. The van der Waals surface area contributed by atoms with Gasteiger partial charge in [0.25, 0.3) is 0 Å². The Morgan fingerprint density at radius 3 is 2.55 bits per heavy atom. The number of ether oxygens (including phenoxy) is 2. The molecule has 1 fully saturated rings. The van der Waals surface area contributed by atoms with Crippen LogP contribution in [0.5, 0.6) is 0 Å². The van der Waals surface area contributed by atoms with Crippen molar-refractivity contribution >= 4 is 5.97 Å². The smallest absolute Gasteiger partial charge is 0.335 e. The van der Waals surface area contributed by atoms with E-state index in [2.05, 4.69) is 0 Å². The predicted octanol–water partition coefficient (Wildman–Crippen LogP) is 3.10. The van der Waals surface area contributed by atoms with Gasteiger partial charge in [0.2, 0.25) is 0 Å². The van der Waals surface area contributed by atoms with Crippen molar-refractivity contribution in [1.82, 2.24) is 0 Å².